The number of nitrogens with one attached hydrogen (secondary N) is 1. The highest BCUT2D eigenvalue weighted by Crippen LogP contribution is 2.25. The summed E-state index contributed by atoms with van der Waals surface area (Å²) < 4.78 is 1.94. The molecule has 0 amide bonds. The van der Waals surface area contributed by atoms with Gasteiger partial charge in [0, 0.05) is 38.5 Å². The molecule has 2 rings (SSSR count). The van der Waals surface area contributed by atoms with Crippen LogP contribution in [-0.2, 0) is 13.5 Å². The number of nitrogens with zero attached hydrogens (tertiary/aromatic N) is 3. The molecule has 0 saturated heterocycles. The molecule has 1 N–H and O–H groups in total. The molecule has 0 spiro atoms. The summed E-state index contributed by atoms with van der Waals surface area (Å²) >= 11 is 0. The van der Waals surface area contributed by atoms with Crippen LogP contribution in [0.25, 0.3) is 0 Å². The van der Waals surface area contributed by atoms with Gasteiger partial charge in [0.15, 0.2) is 0 Å². The number of hydrogen-bond acceptors (Lipinski definition) is 4. The fourth-order valence-corrected chi connectivity index (χ4v) is 1.89. The fraction of sp³-hybridized carbons (Fsp3) is 0.308. The highest BCUT2D eigenvalue weighted by Gasteiger charge is 2.13. The zero-order valence-corrected chi connectivity index (χ0v) is 11.0. The van der Waals surface area contributed by atoms with Crippen LogP contribution in [0.5, 0.6) is 0 Å². The van der Waals surface area contributed by atoms with E-state index in [-0.39, 0.29) is 10.6 Å². The lowest BCUT2D eigenvalue weighted by Gasteiger charge is -2.07. The van der Waals surface area contributed by atoms with Crippen molar-refractivity contribution in [1.29, 1.82) is 0 Å². The van der Waals surface area contributed by atoms with E-state index in [1.807, 2.05) is 30.8 Å². The standard InChI is InChI=1S/C13H16N4O2/c1-10-3-4-11(12(9-10)17(18)19)14-6-5-13-15-7-8-16(13)2/h3-4,7-9,14H,5-6H2,1-2H3. The molecule has 6 nitrogen and oxygen atoms in total. The Balaban J connectivity index is 2.03. The molecular weight excluding hydrogens is 244 g/mol. The Morgan fingerprint density at radius 2 is 2.26 bits per heavy atom. The summed E-state index contributed by atoms with van der Waals surface area (Å²) in [5, 5.41) is 14.1. The first-order chi connectivity index (χ1) is 9.08. The molecule has 0 atom stereocenters. The Morgan fingerprint density at radius 1 is 1.47 bits per heavy atom. The summed E-state index contributed by atoms with van der Waals surface area (Å²) in [6, 6.07) is 5.17. The van der Waals surface area contributed by atoms with Crippen molar-refractivity contribution in [1.82, 2.24) is 9.55 Å². The highest BCUT2D eigenvalue weighted by molar-refractivity contribution is 5.62. The summed E-state index contributed by atoms with van der Waals surface area (Å²) in [6.45, 7) is 2.44. The van der Waals surface area contributed by atoms with E-state index >= 15 is 0 Å². The predicted molar refractivity (Wildman–Crippen MR) is 73.2 cm³/mol. The number of benzene rings is 1. The zero-order valence-electron chi connectivity index (χ0n) is 11.0. The lowest BCUT2D eigenvalue weighted by molar-refractivity contribution is -0.384. The summed E-state index contributed by atoms with van der Waals surface area (Å²) in [7, 11) is 1.93. The van der Waals surface area contributed by atoms with Crippen molar-refractivity contribution < 1.29 is 4.92 Å². The first-order valence-electron chi connectivity index (χ1n) is 6.03. The first kappa shape index (κ1) is 13.1. The van der Waals surface area contributed by atoms with Crippen molar-refractivity contribution in [2.75, 3.05) is 11.9 Å². The van der Waals surface area contributed by atoms with E-state index in [1.165, 1.54) is 0 Å². The molecule has 0 aliphatic rings. The lowest BCUT2D eigenvalue weighted by Crippen LogP contribution is -2.09. The molecule has 1 heterocycles. The van der Waals surface area contributed by atoms with E-state index in [1.54, 1.807) is 18.3 Å². The molecular formula is C13H16N4O2. The second-order valence-electron chi connectivity index (χ2n) is 4.41. The molecule has 2 aromatic rings. The average Bonchev–Trinajstić information content (AvgIpc) is 2.77. The van der Waals surface area contributed by atoms with Crippen LogP contribution in [-0.4, -0.2) is 21.0 Å². The van der Waals surface area contributed by atoms with Crippen molar-refractivity contribution in [3.8, 4) is 0 Å². The Morgan fingerprint density at radius 3 is 2.89 bits per heavy atom. The molecule has 0 fully saturated rings. The van der Waals surface area contributed by atoms with Crippen molar-refractivity contribution in [2.45, 2.75) is 13.3 Å². The van der Waals surface area contributed by atoms with Gasteiger partial charge in [0.2, 0.25) is 0 Å². The third-order valence-corrected chi connectivity index (χ3v) is 2.93. The maximum atomic E-state index is 11.0. The van der Waals surface area contributed by atoms with Crippen molar-refractivity contribution in [3.05, 3.63) is 52.1 Å². The van der Waals surface area contributed by atoms with Crippen LogP contribution in [0.2, 0.25) is 0 Å². The second-order valence-corrected chi connectivity index (χ2v) is 4.41. The molecule has 0 bridgehead atoms. The predicted octanol–water partition coefficient (Wildman–Crippen LogP) is 2.29. The number of aryl methyl sites for hydroxylation is 2. The van der Waals surface area contributed by atoms with E-state index in [2.05, 4.69) is 10.3 Å². The molecule has 100 valence electrons. The number of nitro groups is 1. The average molecular weight is 260 g/mol. The molecule has 6 heteroatoms. The van der Waals surface area contributed by atoms with Gasteiger partial charge in [-0.15, -0.1) is 0 Å². The maximum absolute atomic E-state index is 11.0. The van der Waals surface area contributed by atoms with Gasteiger partial charge in [0.25, 0.3) is 5.69 Å². The summed E-state index contributed by atoms with van der Waals surface area (Å²) in [4.78, 5) is 14.8. The van der Waals surface area contributed by atoms with E-state index in [0.29, 0.717) is 18.7 Å². The van der Waals surface area contributed by atoms with Gasteiger partial charge in [-0.25, -0.2) is 4.98 Å². The van der Waals surface area contributed by atoms with Crippen LogP contribution in [0, 0.1) is 17.0 Å². The first-order valence-corrected chi connectivity index (χ1v) is 6.03. The highest BCUT2D eigenvalue weighted by atomic mass is 16.6. The van der Waals surface area contributed by atoms with Gasteiger partial charge in [-0.1, -0.05) is 6.07 Å². The topological polar surface area (TPSA) is 73.0 Å². The van der Waals surface area contributed by atoms with Crippen LogP contribution in [0.1, 0.15) is 11.4 Å². The number of rotatable bonds is 5. The fourth-order valence-electron chi connectivity index (χ4n) is 1.89. The third-order valence-electron chi connectivity index (χ3n) is 2.93. The van der Waals surface area contributed by atoms with Gasteiger partial charge in [-0.2, -0.15) is 0 Å². The van der Waals surface area contributed by atoms with Gasteiger partial charge >= 0.3 is 0 Å². The van der Waals surface area contributed by atoms with Gasteiger partial charge in [0.1, 0.15) is 11.5 Å². The van der Waals surface area contributed by atoms with Crippen LogP contribution in [0.15, 0.2) is 30.6 Å². The Bertz CT molecular complexity index is 592. The molecule has 0 unspecified atom stereocenters. The van der Waals surface area contributed by atoms with Crippen molar-refractivity contribution in [2.24, 2.45) is 7.05 Å². The zero-order chi connectivity index (χ0) is 13.8. The van der Waals surface area contributed by atoms with Crippen molar-refractivity contribution >= 4 is 11.4 Å². The molecule has 1 aromatic carbocycles. The number of imidazole rings is 1. The smallest absolute Gasteiger partial charge is 0.292 e. The second kappa shape index (κ2) is 5.51. The number of aromatic nitrogens is 2. The van der Waals surface area contributed by atoms with Crippen LogP contribution < -0.4 is 5.32 Å². The molecule has 1 aromatic heterocycles. The minimum atomic E-state index is -0.365. The Kier molecular flexibility index (Phi) is 3.79. The van der Waals surface area contributed by atoms with Crippen LogP contribution in [0.3, 0.4) is 0 Å². The Hall–Kier alpha value is -2.37. The van der Waals surface area contributed by atoms with Gasteiger partial charge in [-0.05, 0) is 18.6 Å². The number of anilines is 1. The largest absolute Gasteiger partial charge is 0.379 e. The number of hydrogen-bond donors (Lipinski definition) is 1. The van der Waals surface area contributed by atoms with Gasteiger partial charge in [-0.3, -0.25) is 10.1 Å². The normalized spacial score (nSPS) is 10.4. The molecule has 0 saturated carbocycles. The van der Waals surface area contributed by atoms with Crippen LogP contribution >= 0.6 is 0 Å². The molecule has 0 aliphatic heterocycles. The molecule has 0 radical (unpaired) electrons. The lowest BCUT2D eigenvalue weighted by atomic mass is 10.2. The summed E-state index contributed by atoms with van der Waals surface area (Å²) in [5.41, 5.74) is 1.53. The SMILES string of the molecule is Cc1ccc(NCCc2nccn2C)c([N+](=O)[O-])c1. The monoisotopic (exact) mass is 260 g/mol. The minimum absolute atomic E-state index is 0.111. The van der Waals surface area contributed by atoms with Gasteiger partial charge < -0.3 is 9.88 Å². The summed E-state index contributed by atoms with van der Waals surface area (Å²) in [6.07, 6.45) is 4.34. The van der Waals surface area contributed by atoms with Gasteiger partial charge in [0.05, 0.1) is 4.92 Å². The van der Waals surface area contributed by atoms with Crippen LogP contribution in [0.4, 0.5) is 11.4 Å². The Labute approximate surface area is 111 Å². The van der Waals surface area contributed by atoms with E-state index in [9.17, 15) is 10.1 Å². The minimum Gasteiger partial charge on any atom is -0.379 e. The van der Waals surface area contributed by atoms with Crippen molar-refractivity contribution in [3.63, 3.8) is 0 Å². The van der Waals surface area contributed by atoms with E-state index in [4.69, 9.17) is 0 Å². The molecule has 0 aliphatic carbocycles. The van der Waals surface area contributed by atoms with E-state index in [0.717, 1.165) is 11.4 Å². The summed E-state index contributed by atoms with van der Waals surface area (Å²) in [5.74, 6) is 0.947. The number of nitro benzene ring substituents is 1. The maximum Gasteiger partial charge on any atom is 0.292 e. The third kappa shape index (κ3) is 3.09. The quantitative estimate of drug-likeness (QED) is 0.661. The molecule has 19 heavy (non-hydrogen) atoms. The van der Waals surface area contributed by atoms with E-state index < -0.39 is 0 Å².